The van der Waals surface area contributed by atoms with Crippen molar-refractivity contribution in [3.8, 4) is 0 Å². The van der Waals surface area contributed by atoms with E-state index in [2.05, 4.69) is 50.2 Å². The van der Waals surface area contributed by atoms with Gasteiger partial charge in [0.15, 0.2) is 9.04 Å². The van der Waals surface area contributed by atoms with Crippen molar-refractivity contribution in [2.45, 2.75) is 58.5 Å². The van der Waals surface area contributed by atoms with E-state index in [4.69, 9.17) is 4.43 Å². The number of fused-ring (bicyclic) bond motifs is 3. The Morgan fingerprint density at radius 3 is 2.60 bits per heavy atom. The van der Waals surface area contributed by atoms with Crippen LogP contribution in [-0.4, -0.2) is 37.2 Å². The first-order valence-electron chi connectivity index (χ1n) is 8.92. The van der Waals surface area contributed by atoms with E-state index in [1.807, 2.05) is 18.2 Å². The first-order chi connectivity index (χ1) is 11.7. The first-order valence-corrected chi connectivity index (χ1v) is 11.7. The van der Waals surface area contributed by atoms with Crippen LogP contribution in [0.15, 0.2) is 24.3 Å². The number of rotatable bonds is 4. The van der Waals surface area contributed by atoms with Gasteiger partial charge in [0, 0.05) is 23.0 Å². The second-order valence-corrected chi connectivity index (χ2v) is 10.6. The highest BCUT2D eigenvalue weighted by Crippen LogP contribution is 2.39. The standard InChI is InChI=1S/C19H28N2O3Si/c1-19(2,3)17(24-25(4)5)16-15-12(10-14(21-16)18(22)23)11-8-6-7-9-13(11)20-15/h6-9,14,16-17,20-21,25H,10H2,1-5H3,(H,22,23). The van der Waals surface area contributed by atoms with Gasteiger partial charge in [0.25, 0.3) is 0 Å². The molecule has 0 fully saturated rings. The molecule has 0 saturated heterocycles. The van der Waals surface area contributed by atoms with E-state index in [9.17, 15) is 9.90 Å². The van der Waals surface area contributed by atoms with E-state index in [-0.39, 0.29) is 17.6 Å². The van der Waals surface area contributed by atoms with E-state index >= 15 is 0 Å². The minimum absolute atomic E-state index is 0.0897. The van der Waals surface area contributed by atoms with Crippen LogP contribution in [0.25, 0.3) is 10.9 Å². The van der Waals surface area contributed by atoms with E-state index in [1.165, 1.54) is 0 Å². The van der Waals surface area contributed by atoms with Gasteiger partial charge in [0.1, 0.15) is 6.04 Å². The van der Waals surface area contributed by atoms with Crippen LogP contribution in [-0.2, 0) is 15.6 Å². The van der Waals surface area contributed by atoms with Crippen LogP contribution in [0.4, 0.5) is 0 Å². The molecule has 3 atom stereocenters. The molecule has 0 saturated carbocycles. The third kappa shape index (κ3) is 3.52. The summed E-state index contributed by atoms with van der Waals surface area (Å²) in [4.78, 5) is 15.3. The predicted octanol–water partition coefficient (Wildman–Crippen LogP) is 3.22. The maximum absolute atomic E-state index is 11.8. The van der Waals surface area contributed by atoms with Gasteiger partial charge in [-0.3, -0.25) is 10.1 Å². The molecular weight excluding hydrogens is 332 g/mol. The molecule has 3 N–H and O–H groups in total. The van der Waals surface area contributed by atoms with Crippen LogP contribution in [0.5, 0.6) is 0 Å². The lowest BCUT2D eigenvalue weighted by atomic mass is 9.80. The van der Waals surface area contributed by atoms with E-state index in [0.29, 0.717) is 6.42 Å². The Balaban J connectivity index is 2.13. The molecule has 1 aliphatic rings. The van der Waals surface area contributed by atoms with Crippen molar-refractivity contribution in [1.29, 1.82) is 0 Å². The molecule has 136 valence electrons. The molecule has 6 heteroatoms. The van der Waals surface area contributed by atoms with Gasteiger partial charge in [-0.05, 0) is 30.1 Å². The number of carbonyl (C=O) groups is 1. The molecule has 25 heavy (non-hydrogen) atoms. The molecule has 3 unspecified atom stereocenters. The molecule has 0 spiro atoms. The third-order valence-electron chi connectivity index (χ3n) is 4.82. The highest BCUT2D eigenvalue weighted by Gasteiger charge is 2.42. The Labute approximate surface area is 150 Å². The maximum Gasteiger partial charge on any atom is 0.321 e. The van der Waals surface area contributed by atoms with Crippen molar-refractivity contribution in [3.05, 3.63) is 35.5 Å². The quantitative estimate of drug-likeness (QED) is 0.732. The van der Waals surface area contributed by atoms with Crippen LogP contribution in [0.3, 0.4) is 0 Å². The minimum atomic E-state index is -1.30. The number of benzene rings is 1. The lowest BCUT2D eigenvalue weighted by Gasteiger charge is -2.42. The largest absolute Gasteiger partial charge is 0.480 e. The summed E-state index contributed by atoms with van der Waals surface area (Å²) < 4.78 is 6.40. The van der Waals surface area contributed by atoms with Crippen molar-refractivity contribution in [2.24, 2.45) is 5.41 Å². The lowest BCUT2D eigenvalue weighted by molar-refractivity contribution is -0.140. The van der Waals surface area contributed by atoms with Crippen molar-refractivity contribution in [3.63, 3.8) is 0 Å². The number of para-hydroxylation sites is 1. The molecule has 0 bridgehead atoms. The predicted molar refractivity (Wildman–Crippen MR) is 103 cm³/mol. The molecule has 0 amide bonds. The average molecular weight is 361 g/mol. The smallest absolute Gasteiger partial charge is 0.321 e. The third-order valence-corrected chi connectivity index (χ3v) is 5.66. The number of aliphatic carboxylic acids is 1. The minimum Gasteiger partial charge on any atom is -0.480 e. The monoisotopic (exact) mass is 360 g/mol. The zero-order chi connectivity index (χ0) is 18.4. The van der Waals surface area contributed by atoms with E-state index in [1.54, 1.807) is 0 Å². The van der Waals surface area contributed by atoms with Gasteiger partial charge in [-0.1, -0.05) is 39.0 Å². The normalized spacial score (nSPS) is 22.2. The van der Waals surface area contributed by atoms with Crippen molar-refractivity contribution in [1.82, 2.24) is 10.3 Å². The Morgan fingerprint density at radius 1 is 1.32 bits per heavy atom. The Kier molecular flexibility index (Phi) is 4.79. The first kappa shape index (κ1) is 18.2. The second kappa shape index (κ2) is 6.59. The van der Waals surface area contributed by atoms with Crippen molar-refractivity contribution < 1.29 is 14.3 Å². The van der Waals surface area contributed by atoms with E-state index < -0.39 is 21.1 Å². The summed E-state index contributed by atoms with van der Waals surface area (Å²) in [5.41, 5.74) is 3.13. The summed E-state index contributed by atoms with van der Waals surface area (Å²) in [6.45, 7) is 10.8. The fourth-order valence-corrected chi connectivity index (χ4v) is 4.89. The number of aromatic nitrogens is 1. The van der Waals surface area contributed by atoms with Gasteiger partial charge in [0.05, 0.1) is 12.1 Å². The fourth-order valence-electron chi connectivity index (χ4n) is 3.74. The number of hydrogen-bond donors (Lipinski definition) is 3. The number of carboxylic acids is 1. The number of aromatic amines is 1. The van der Waals surface area contributed by atoms with Gasteiger partial charge in [-0.2, -0.15) is 0 Å². The molecule has 1 aliphatic heterocycles. The molecule has 2 heterocycles. The van der Waals surface area contributed by atoms with Crippen LogP contribution >= 0.6 is 0 Å². The van der Waals surface area contributed by atoms with Gasteiger partial charge in [0.2, 0.25) is 0 Å². The number of nitrogens with one attached hydrogen (secondary N) is 2. The summed E-state index contributed by atoms with van der Waals surface area (Å²) in [5, 5.41) is 14.1. The Hall–Kier alpha value is -1.63. The zero-order valence-corrected chi connectivity index (χ0v) is 16.7. The van der Waals surface area contributed by atoms with Crippen LogP contribution < -0.4 is 5.32 Å². The Bertz CT molecular complexity index is 779. The number of carboxylic acid groups (broad SMARTS) is 1. The molecule has 0 radical (unpaired) electrons. The van der Waals surface area contributed by atoms with Crippen molar-refractivity contribution >= 4 is 25.9 Å². The SMILES string of the molecule is C[SiH](C)OC(C1NC(C(=O)O)Cc2c1[nH]c1ccccc21)C(C)(C)C. The zero-order valence-electron chi connectivity index (χ0n) is 15.6. The molecule has 0 aliphatic carbocycles. The topological polar surface area (TPSA) is 74.3 Å². The molecule has 1 aromatic heterocycles. The number of hydrogen-bond acceptors (Lipinski definition) is 3. The van der Waals surface area contributed by atoms with E-state index in [0.717, 1.165) is 22.2 Å². The fraction of sp³-hybridized carbons (Fsp3) is 0.526. The maximum atomic E-state index is 11.8. The summed E-state index contributed by atoms with van der Waals surface area (Å²) in [5.74, 6) is -0.810. The van der Waals surface area contributed by atoms with Crippen LogP contribution in [0.1, 0.15) is 38.1 Å². The number of H-pyrrole nitrogens is 1. The summed E-state index contributed by atoms with van der Waals surface area (Å²) in [6, 6.07) is 7.36. The van der Waals surface area contributed by atoms with Gasteiger partial charge >= 0.3 is 5.97 Å². The molecule has 1 aromatic carbocycles. The lowest BCUT2D eigenvalue weighted by Crippen LogP contribution is -2.52. The summed E-state index contributed by atoms with van der Waals surface area (Å²) in [6.07, 6.45) is 0.398. The van der Waals surface area contributed by atoms with Gasteiger partial charge in [-0.15, -0.1) is 0 Å². The molecular formula is C19H28N2O3Si. The van der Waals surface area contributed by atoms with Crippen molar-refractivity contribution in [2.75, 3.05) is 0 Å². The Morgan fingerprint density at radius 2 is 2.00 bits per heavy atom. The van der Waals surface area contributed by atoms with Gasteiger partial charge < -0.3 is 14.5 Å². The molecule has 5 nitrogen and oxygen atoms in total. The molecule has 2 aromatic rings. The second-order valence-electron chi connectivity index (χ2n) is 8.27. The highest BCUT2D eigenvalue weighted by molar-refractivity contribution is 6.48. The average Bonchev–Trinajstić information content (AvgIpc) is 2.89. The van der Waals surface area contributed by atoms with Crippen LogP contribution in [0, 0.1) is 5.41 Å². The summed E-state index contributed by atoms with van der Waals surface area (Å²) in [7, 11) is -1.30. The molecule has 3 rings (SSSR count). The van der Waals surface area contributed by atoms with Crippen LogP contribution in [0.2, 0.25) is 13.1 Å². The highest BCUT2D eigenvalue weighted by atomic mass is 28.3. The van der Waals surface area contributed by atoms with Gasteiger partial charge in [-0.25, -0.2) is 0 Å². The summed E-state index contributed by atoms with van der Waals surface area (Å²) >= 11 is 0.